The Labute approximate surface area is 144 Å². The van der Waals surface area contributed by atoms with Gasteiger partial charge in [0.15, 0.2) is 0 Å². The molecule has 0 spiro atoms. The van der Waals surface area contributed by atoms with Crippen molar-refractivity contribution >= 4 is 17.3 Å². The van der Waals surface area contributed by atoms with E-state index in [1.165, 1.54) is 0 Å². The van der Waals surface area contributed by atoms with Crippen LogP contribution in [0.25, 0.3) is 0 Å². The quantitative estimate of drug-likeness (QED) is 0.626. The average Bonchev–Trinajstić information content (AvgIpc) is 2.81. The van der Waals surface area contributed by atoms with E-state index in [2.05, 4.69) is 48.4 Å². The third kappa shape index (κ3) is 4.89. The fourth-order valence-corrected chi connectivity index (χ4v) is 2.78. The highest BCUT2D eigenvalue weighted by molar-refractivity contribution is 5.64. The summed E-state index contributed by atoms with van der Waals surface area (Å²) >= 11 is 0. The predicted octanol–water partition coefficient (Wildman–Crippen LogP) is 3.26. The maximum atomic E-state index is 4.44. The van der Waals surface area contributed by atoms with Gasteiger partial charge < -0.3 is 10.2 Å². The monoisotopic (exact) mass is 329 g/mol. The molecule has 0 aliphatic carbocycles. The molecule has 1 N–H and O–H groups in total. The first-order valence-corrected chi connectivity index (χ1v) is 8.19. The molecule has 0 saturated carbocycles. The normalized spacial score (nSPS) is 12.3. The number of aromatic nitrogens is 2. The largest absolute Gasteiger partial charge is 0.421 e. The van der Waals surface area contributed by atoms with Crippen molar-refractivity contribution in [2.75, 3.05) is 32.5 Å². The zero-order chi connectivity index (χ0) is 17.7. The van der Waals surface area contributed by atoms with Crippen molar-refractivity contribution in [3.8, 4) is 0 Å². The number of nitrogens with zero attached hydrogens (tertiary/aromatic N) is 5. The second kappa shape index (κ2) is 7.57. The van der Waals surface area contributed by atoms with Crippen molar-refractivity contribution in [3.63, 3.8) is 0 Å². The van der Waals surface area contributed by atoms with Gasteiger partial charge in [-0.25, -0.2) is 9.13 Å². The number of aryl methyl sites for hydroxylation is 2. The smallest absolute Gasteiger partial charge is 0.383 e. The van der Waals surface area contributed by atoms with Crippen molar-refractivity contribution in [2.24, 2.45) is 29.7 Å². The highest BCUT2D eigenvalue weighted by Gasteiger charge is 2.19. The third-order valence-corrected chi connectivity index (χ3v) is 3.80. The van der Waals surface area contributed by atoms with E-state index >= 15 is 0 Å². The highest BCUT2D eigenvalue weighted by atomic mass is 15.3. The van der Waals surface area contributed by atoms with Crippen LogP contribution >= 0.6 is 0 Å². The van der Waals surface area contributed by atoms with Crippen molar-refractivity contribution in [2.45, 2.75) is 13.8 Å². The van der Waals surface area contributed by atoms with E-state index in [4.69, 9.17) is 0 Å². The van der Waals surface area contributed by atoms with Gasteiger partial charge in [-0.2, -0.15) is 0 Å². The number of hydrogen-bond donors (Lipinski definition) is 1. The van der Waals surface area contributed by atoms with Crippen LogP contribution in [0.3, 0.4) is 0 Å². The molecule has 24 heavy (non-hydrogen) atoms. The summed E-state index contributed by atoms with van der Waals surface area (Å²) in [6, 6.07) is 8.02. The molecule has 0 saturated heterocycles. The van der Waals surface area contributed by atoms with E-state index in [1.807, 2.05) is 59.9 Å². The molecule has 0 bridgehead atoms. The van der Waals surface area contributed by atoms with Crippen molar-refractivity contribution in [3.05, 3.63) is 36.7 Å². The van der Waals surface area contributed by atoms with Crippen molar-refractivity contribution in [1.29, 1.82) is 0 Å². The number of hydrogen-bond acceptors (Lipinski definition) is 4. The number of anilines is 1. The Bertz CT molecular complexity index is 680. The van der Waals surface area contributed by atoms with Crippen LogP contribution in [0, 0.1) is 5.41 Å². The predicted molar refractivity (Wildman–Crippen MR) is 98.0 cm³/mol. The van der Waals surface area contributed by atoms with Crippen LogP contribution in [-0.4, -0.2) is 36.7 Å². The lowest BCUT2D eigenvalue weighted by atomic mass is 9.93. The molecule has 0 atom stereocenters. The molecule has 1 aromatic carbocycles. The van der Waals surface area contributed by atoms with Crippen LogP contribution in [0.2, 0.25) is 0 Å². The van der Waals surface area contributed by atoms with Crippen LogP contribution in [0.1, 0.15) is 13.8 Å². The third-order valence-electron chi connectivity index (χ3n) is 3.80. The lowest BCUT2D eigenvalue weighted by Gasteiger charge is -2.29. The summed E-state index contributed by atoms with van der Waals surface area (Å²) in [5.41, 5.74) is 2.02. The van der Waals surface area contributed by atoms with Gasteiger partial charge in [0.05, 0.1) is 32.2 Å². The number of imidazole rings is 1. The van der Waals surface area contributed by atoms with E-state index in [1.54, 1.807) is 0 Å². The summed E-state index contributed by atoms with van der Waals surface area (Å²) in [6.07, 6.45) is 3.92. The summed E-state index contributed by atoms with van der Waals surface area (Å²) < 4.78 is 3.89. The van der Waals surface area contributed by atoms with Gasteiger partial charge in [-0.05, 0) is 31.6 Å². The second-order valence-electron chi connectivity index (χ2n) is 7.29. The van der Waals surface area contributed by atoms with Crippen LogP contribution in [0.4, 0.5) is 17.3 Å². The molecule has 0 amide bonds. The Balaban J connectivity index is 2.13. The molecule has 0 fully saturated rings. The SMILES string of the molecule is CN(C)CC(C)(C)CNc1ccccc1N=Nc1n(C)cc[n+]1C. The fraction of sp³-hybridized carbons (Fsp3) is 0.500. The standard InChI is InChI=1S/C18H28N6/c1-18(2,14-22(3)4)13-19-15-9-7-8-10-16(15)20-21-17-23(5)11-12-24(17)6/h7-12H,13-14H2,1-6H3/p+1. The Morgan fingerprint density at radius 2 is 1.92 bits per heavy atom. The number of para-hydroxylation sites is 1. The molecule has 0 unspecified atom stereocenters. The van der Waals surface area contributed by atoms with E-state index < -0.39 is 0 Å². The number of rotatable bonds is 7. The molecule has 0 aliphatic heterocycles. The van der Waals surface area contributed by atoms with E-state index in [9.17, 15) is 0 Å². The Morgan fingerprint density at radius 3 is 2.54 bits per heavy atom. The number of nitrogens with one attached hydrogen (secondary N) is 1. The minimum atomic E-state index is 0.165. The molecular weight excluding hydrogens is 300 g/mol. The Morgan fingerprint density at radius 1 is 1.21 bits per heavy atom. The van der Waals surface area contributed by atoms with Crippen LogP contribution < -0.4 is 9.88 Å². The van der Waals surface area contributed by atoms with Gasteiger partial charge in [-0.3, -0.25) is 0 Å². The first-order chi connectivity index (χ1) is 11.3. The number of benzene rings is 1. The fourth-order valence-electron chi connectivity index (χ4n) is 2.78. The van der Waals surface area contributed by atoms with E-state index in [0.29, 0.717) is 0 Å². The molecule has 130 valence electrons. The topological polar surface area (TPSA) is 48.8 Å². The first kappa shape index (κ1) is 18.1. The van der Waals surface area contributed by atoms with Crippen LogP contribution in [0.5, 0.6) is 0 Å². The lowest BCUT2D eigenvalue weighted by Crippen LogP contribution is -2.34. The molecule has 6 heteroatoms. The van der Waals surface area contributed by atoms with Crippen LogP contribution in [-0.2, 0) is 14.1 Å². The second-order valence-corrected chi connectivity index (χ2v) is 7.29. The molecule has 0 radical (unpaired) electrons. The summed E-state index contributed by atoms with van der Waals surface area (Å²) in [5.74, 6) is 0.803. The van der Waals surface area contributed by atoms with Gasteiger partial charge in [0.2, 0.25) is 0 Å². The summed E-state index contributed by atoms with van der Waals surface area (Å²) in [7, 11) is 8.12. The Kier molecular flexibility index (Phi) is 5.72. The van der Waals surface area contributed by atoms with E-state index in [0.717, 1.165) is 30.4 Å². The lowest BCUT2D eigenvalue weighted by molar-refractivity contribution is -0.657. The van der Waals surface area contributed by atoms with Gasteiger partial charge in [-0.1, -0.05) is 31.1 Å². The molecule has 1 aromatic heterocycles. The van der Waals surface area contributed by atoms with E-state index in [-0.39, 0.29) is 5.41 Å². The summed E-state index contributed by atoms with van der Waals surface area (Å²) in [5, 5.41) is 12.4. The van der Waals surface area contributed by atoms with Crippen molar-refractivity contribution < 1.29 is 4.57 Å². The summed E-state index contributed by atoms with van der Waals surface area (Å²) in [4.78, 5) is 2.21. The highest BCUT2D eigenvalue weighted by Crippen LogP contribution is 2.27. The molecular formula is C18H29N6+. The maximum absolute atomic E-state index is 4.44. The first-order valence-electron chi connectivity index (χ1n) is 8.19. The molecule has 2 rings (SSSR count). The molecule has 1 heterocycles. The van der Waals surface area contributed by atoms with Gasteiger partial charge in [0, 0.05) is 18.2 Å². The molecule has 6 nitrogen and oxygen atoms in total. The number of azo groups is 1. The van der Waals surface area contributed by atoms with Crippen molar-refractivity contribution in [1.82, 2.24) is 9.47 Å². The zero-order valence-corrected chi connectivity index (χ0v) is 15.6. The average molecular weight is 329 g/mol. The van der Waals surface area contributed by atoms with Gasteiger partial charge in [-0.15, -0.1) is 0 Å². The summed E-state index contributed by atoms with van der Waals surface area (Å²) in [6.45, 7) is 6.40. The Hall–Kier alpha value is -2.21. The van der Waals surface area contributed by atoms with Crippen LogP contribution in [0.15, 0.2) is 46.9 Å². The molecule has 2 aromatic rings. The van der Waals surface area contributed by atoms with Gasteiger partial charge >= 0.3 is 5.95 Å². The molecule has 0 aliphatic rings. The minimum Gasteiger partial charge on any atom is -0.383 e. The zero-order valence-electron chi connectivity index (χ0n) is 15.6. The minimum absolute atomic E-state index is 0.165. The maximum Gasteiger partial charge on any atom is 0.421 e. The van der Waals surface area contributed by atoms with Gasteiger partial charge in [0.1, 0.15) is 5.69 Å². The van der Waals surface area contributed by atoms with Gasteiger partial charge in [0.25, 0.3) is 0 Å².